The predicted molar refractivity (Wildman–Crippen MR) is 95.6 cm³/mol. The first-order valence-electron chi connectivity index (χ1n) is 8.47. The van der Waals surface area contributed by atoms with Crippen molar-refractivity contribution in [3.63, 3.8) is 0 Å². The van der Waals surface area contributed by atoms with Crippen LogP contribution >= 0.6 is 15.9 Å². The number of imidazole rings is 1. The van der Waals surface area contributed by atoms with E-state index in [1.165, 1.54) is 0 Å². The number of carbonyl (C=O) groups is 2. The molecule has 1 aliphatic heterocycles. The summed E-state index contributed by atoms with van der Waals surface area (Å²) in [6, 6.07) is 0. The van der Waals surface area contributed by atoms with Crippen molar-refractivity contribution in [1.29, 1.82) is 0 Å². The zero-order valence-corrected chi connectivity index (χ0v) is 17.0. The molecule has 8 nitrogen and oxygen atoms in total. The van der Waals surface area contributed by atoms with E-state index in [1.807, 2.05) is 38.6 Å². The molecule has 2 fully saturated rings. The minimum Gasteiger partial charge on any atom is -0.480 e. The minimum absolute atomic E-state index is 0.0617. The van der Waals surface area contributed by atoms with Crippen molar-refractivity contribution in [1.82, 2.24) is 14.5 Å². The number of aryl methyl sites for hydroxylation is 1. The van der Waals surface area contributed by atoms with E-state index in [4.69, 9.17) is 14.6 Å². The molecule has 1 aromatic rings. The molecule has 0 unspecified atom stereocenters. The number of carboxylic acid groups (broad SMARTS) is 1. The Kier molecular flexibility index (Phi) is 4.59. The molecule has 0 atom stereocenters. The van der Waals surface area contributed by atoms with Gasteiger partial charge in [0.15, 0.2) is 0 Å². The number of carboxylic acids is 1. The Hall–Kier alpha value is -1.61. The van der Waals surface area contributed by atoms with Crippen LogP contribution in [-0.2, 0) is 26.9 Å². The Morgan fingerprint density at radius 2 is 1.96 bits per heavy atom. The number of nitrogens with zero attached hydrogens (tertiary/aromatic N) is 3. The number of aromatic nitrogens is 2. The van der Waals surface area contributed by atoms with Gasteiger partial charge in [0.1, 0.15) is 28.2 Å². The van der Waals surface area contributed by atoms with Crippen LogP contribution in [0.2, 0.25) is 0 Å². The van der Waals surface area contributed by atoms with Gasteiger partial charge in [-0.1, -0.05) is 0 Å². The number of rotatable bonds is 4. The SMILES string of the molecule is Cn1cc(Br)nc1C1(OCC(=O)O)CC2(CN(C(=O)OC(C)(C)C)C2)C1. The summed E-state index contributed by atoms with van der Waals surface area (Å²) in [7, 11) is 1.86. The number of hydrogen-bond acceptors (Lipinski definition) is 5. The predicted octanol–water partition coefficient (Wildman–Crippen LogP) is 2.51. The molecule has 0 bridgehead atoms. The van der Waals surface area contributed by atoms with Gasteiger partial charge in [-0.05, 0) is 49.5 Å². The minimum atomic E-state index is -1.01. The largest absolute Gasteiger partial charge is 0.480 e. The first-order valence-corrected chi connectivity index (χ1v) is 9.26. The molecule has 1 aliphatic carbocycles. The van der Waals surface area contributed by atoms with Crippen molar-refractivity contribution < 1.29 is 24.2 Å². The molecule has 144 valence electrons. The van der Waals surface area contributed by atoms with Crippen molar-refractivity contribution in [2.75, 3.05) is 19.7 Å². The van der Waals surface area contributed by atoms with Crippen molar-refractivity contribution >= 4 is 28.0 Å². The third kappa shape index (κ3) is 3.59. The number of hydrogen-bond donors (Lipinski definition) is 1. The average molecular weight is 430 g/mol. The highest BCUT2D eigenvalue weighted by Crippen LogP contribution is 2.60. The highest BCUT2D eigenvalue weighted by atomic mass is 79.9. The van der Waals surface area contributed by atoms with Gasteiger partial charge >= 0.3 is 12.1 Å². The van der Waals surface area contributed by atoms with Crippen LogP contribution < -0.4 is 0 Å². The molecule has 2 heterocycles. The van der Waals surface area contributed by atoms with E-state index in [9.17, 15) is 9.59 Å². The van der Waals surface area contributed by atoms with Gasteiger partial charge < -0.3 is 24.0 Å². The van der Waals surface area contributed by atoms with Gasteiger partial charge in [-0.3, -0.25) is 0 Å². The molecular formula is C17H24BrN3O5. The molecule has 26 heavy (non-hydrogen) atoms. The Bertz CT molecular complexity index is 725. The summed E-state index contributed by atoms with van der Waals surface area (Å²) in [5.41, 5.74) is -1.32. The smallest absolute Gasteiger partial charge is 0.410 e. The molecule has 1 spiro atoms. The average Bonchev–Trinajstić information content (AvgIpc) is 2.72. The highest BCUT2D eigenvalue weighted by molar-refractivity contribution is 9.10. The quantitative estimate of drug-likeness (QED) is 0.789. The Labute approximate surface area is 160 Å². The lowest BCUT2D eigenvalue weighted by molar-refractivity contribution is -0.224. The lowest BCUT2D eigenvalue weighted by atomic mass is 9.54. The van der Waals surface area contributed by atoms with Crippen LogP contribution in [0.1, 0.15) is 39.4 Å². The van der Waals surface area contributed by atoms with Crippen LogP contribution in [0.3, 0.4) is 0 Å². The number of aliphatic carboxylic acids is 1. The van der Waals surface area contributed by atoms with E-state index in [1.54, 1.807) is 4.90 Å². The second-order valence-corrected chi connectivity index (χ2v) is 9.18. The van der Waals surface area contributed by atoms with Gasteiger partial charge in [-0.15, -0.1) is 0 Å². The zero-order valence-electron chi connectivity index (χ0n) is 15.4. The summed E-state index contributed by atoms with van der Waals surface area (Å²) in [5, 5.41) is 9.01. The van der Waals surface area contributed by atoms with Gasteiger partial charge in [-0.25, -0.2) is 14.6 Å². The molecule has 1 amide bonds. The number of carbonyl (C=O) groups excluding carboxylic acids is 1. The van der Waals surface area contributed by atoms with Crippen LogP contribution in [0.15, 0.2) is 10.8 Å². The number of ether oxygens (including phenoxy) is 2. The maximum atomic E-state index is 12.1. The normalized spacial score (nSPS) is 20.4. The summed E-state index contributed by atoms with van der Waals surface area (Å²) in [4.78, 5) is 29.3. The van der Waals surface area contributed by atoms with Crippen molar-refractivity contribution in [3.8, 4) is 0 Å². The van der Waals surface area contributed by atoms with E-state index in [0.29, 0.717) is 36.4 Å². The lowest BCUT2D eigenvalue weighted by Gasteiger charge is -2.62. The van der Waals surface area contributed by atoms with Gasteiger partial charge in [0.25, 0.3) is 0 Å². The number of likely N-dealkylation sites (tertiary alicyclic amines) is 1. The molecule has 2 aliphatic rings. The van der Waals surface area contributed by atoms with Crippen LogP contribution in [0.4, 0.5) is 4.79 Å². The standard InChI is InChI=1S/C17H24BrN3O5/c1-15(2,3)26-14(24)21-9-16(10-21)7-17(8-16,25-6-12(22)23)13-19-11(18)5-20(13)4/h5H,6-10H2,1-4H3,(H,22,23). The van der Waals surface area contributed by atoms with Gasteiger partial charge in [0.05, 0.1) is 0 Å². The fraction of sp³-hybridized carbons (Fsp3) is 0.706. The molecule has 1 N–H and O–H groups in total. The summed E-state index contributed by atoms with van der Waals surface area (Å²) in [6.07, 6.45) is 2.76. The van der Waals surface area contributed by atoms with E-state index in [0.717, 1.165) is 0 Å². The second kappa shape index (κ2) is 6.23. The monoisotopic (exact) mass is 429 g/mol. The maximum Gasteiger partial charge on any atom is 0.410 e. The first-order chi connectivity index (χ1) is 11.9. The van der Waals surface area contributed by atoms with Crippen LogP contribution in [0.5, 0.6) is 0 Å². The van der Waals surface area contributed by atoms with Gasteiger partial charge in [0, 0.05) is 31.7 Å². The van der Waals surface area contributed by atoms with E-state index < -0.39 is 17.2 Å². The van der Waals surface area contributed by atoms with Gasteiger partial charge in [-0.2, -0.15) is 0 Å². The van der Waals surface area contributed by atoms with Crippen LogP contribution in [-0.4, -0.2) is 56.9 Å². The van der Waals surface area contributed by atoms with E-state index >= 15 is 0 Å². The third-order valence-corrected chi connectivity index (χ3v) is 5.13. The first kappa shape index (κ1) is 19.2. The highest BCUT2D eigenvalue weighted by Gasteiger charge is 2.64. The topological polar surface area (TPSA) is 93.9 Å². The number of amides is 1. The van der Waals surface area contributed by atoms with Gasteiger partial charge in [0.2, 0.25) is 0 Å². The van der Waals surface area contributed by atoms with E-state index in [-0.39, 0.29) is 18.1 Å². The molecule has 3 rings (SSSR count). The molecule has 1 saturated carbocycles. The summed E-state index contributed by atoms with van der Waals surface area (Å²) in [5.74, 6) is -0.311. The van der Waals surface area contributed by atoms with Crippen LogP contribution in [0.25, 0.3) is 0 Å². The molecule has 1 aromatic heterocycles. The lowest BCUT2D eigenvalue weighted by Crippen LogP contribution is -2.69. The van der Waals surface area contributed by atoms with E-state index in [2.05, 4.69) is 20.9 Å². The zero-order chi connectivity index (χ0) is 19.3. The second-order valence-electron chi connectivity index (χ2n) is 8.36. The van der Waals surface area contributed by atoms with Crippen LogP contribution in [0, 0.1) is 5.41 Å². The Balaban J connectivity index is 1.68. The Morgan fingerprint density at radius 3 is 2.42 bits per heavy atom. The van der Waals surface area contributed by atoms with Crippen molar-refractivity contribution in [2.45, 2.75) is 44.8 Å². The molecule has 9 heteroatoms. The summed E-state index contributed by atoms with van der Waals surface area (Å²) in [6.45, 7) is 6.32. The Morgan fingerprint density at radius 1 is 1.35 bits per heavy atom. The van der Waals surface area contributed by atoms with Crippen molar-refractivity contribution in [3.05, 3.63) is 16.6 Å². The molecule has 0 aromatic carbocycles. The fourth-order valence-corrected chi connectivity index (χ4v) is 4.46. The molecule has 0 radical (unpaired) electrons. The maximum absolute atomic E-state index is 12.1. The molecule has 1 saturated heterocycles. The fourth-order valence-electron chi connectivity index (χ4n) is 3.98. The summed E-state index contributed by atoms with van der Waals surface area (Å²) >= 11 is 3.35. The number of halogens is 1. The van der Waals surface area contributed by atoms with Crippen molar-refractivity contribution in [2.24, 2.45) is 12.5 Å². The third-order valence-electron chi connectivity index (χ3n) is 4.75. The summed E-state index contributed by atoms with van der Waals surface area (Å²) < 4.78 is 13.7. The molecular weight excluding hydrogens is 406 g/mol.